The minimum Gasteiger partial charge on any atom is -0.338 e. The van der Waals surface area contributed by atoms with E-state index in [1.165, 1.54) is 0 Å². The zero-order chi connectivity index (χ0) is 22.7. The highest BCUT2D eigenvalue weighted by atomic mass is 35.5. The molecule has 0 bridgehead atoms. The molecule has 4 rings (SSSR count). The van der Waals surface area contributed by atoms with E-state index in [0.29, 0.717) is 49.1 Å². The molecule has 7 nitrogen and oxygen atoms in total. The van der Waals surface area contributed by atoms with Gasteiger partial charge in [0, 0.05) is 36.8 Å². The maximum absolute atomic E-state index is 13.5. The third-order valence-corrected chi connectivity index (χ3v) is 5.69. The minimum absolute atomic E-state index is 0.0847. The molecule has 166 valence electrons. The van der Waals surface area contributed by atoms with Crippen molar-refractivity contribution in [2.75, 3.05) is 46.8 Å². The van der Waals surface area contributed by atoms with Crippen LogP contribution in [-0.4, -0.2) is 83.1 Å². The summed E-state index contributed by atoms with van der Waals surface area (Å²) in [7, 11) is 3.75. The SMILES string of the molecule is CN(C)CC(=O)N1CCN(C(=O)c2cc(-c3ccc(Cl)cc3)nn2-c2ccccc2)CC1. The molecule has 2 heterocycles. The highest BCUT2D eigenvalue weighted by molar-refractivity contribution is 6.30. The second-order valence-corrected chi connectivity index (χ2v) is 8.52. The summed E-state index contributed by atoms with van der Waals surface area (Å²) in [6.07, 6.45) is 0. The summed E-state index contributed by atoms with van der Waals surface area (Å²) in [6, 6.07) is 18.8. The van der Waals surface area contributed by atoms with E-state index in [1.807, 2.05) is 84.6 Å². The average molecular weight is 452 g/mol. The molecule has 0 radical (unpaired) electrons. The van der Waals surface area contributed by atoms with Crippen LogP contribution in [0.4, 0.5) is 0 Å². The Bertz CT molecular complexity index is 1090. The Kier molecular flexibility index (Phi) is 6.58. The first kappa shape index (κ1) is 22.0. The number of carbonyl (C=O) groups excluding carboxylic acids is 2. The number of para-hydroxylation sites is 1. The Morgan fingerprint density at radius 3 is 2.19 bits per heavy atom. The van der Waals surface area contributed by atoms with Crippen LogP contribution in [0.1, 0.15) is 10.5 Å². The van der Waals surface area contributed by atoms with Crippen molar-refractivity contribution in [3.8, 4) is 16.9 Å². The van der Waals surface area contributed by atoms with Crippen molar-refractivity contribution in [3.63, 3.8) is 0 Å². The molecular weight excluding hydrogens is 426 g/mol. The van der Waals surface area contributed by atoms with Crippen LogP contribution >= 0.6 is 11.6 Å². The number of nitrogens with zero attached hydrogens (tertiary/aromatic N) is 5. The van der Waals surface area contributed by atoms with Gasteiger partial charge in [-0.05, 0) is 44.4 Å². The van der Waals surface area contributed by atoms with E-state index >= 15 is 0 Å². The third-order valence-electron chi connectivity index (χ3n) is 5.44. The smallest absolute Gasteiger partial charge is 0.272 e. The molecule has 1 aromatic heterocycles. The number of piperazine rings is 1. The number of likely N-dealkylation sites (N-methyl/N-ethyl adjacent to an activating group) is 1. The summed E-state index contributed by atoms with van der Waals surface area (Å²) in [4.78, 5) is 31.3. The summed E-state index contributed by atoms with van der Waals surface area (Å²) in [5.74, 6) is -0.0114. The molecule has 8 heteroatoms. The number of hydrogen-bond donors (Lipinski definition) is 0. The van der Waals surface area contributed by atoms with Crippen molar-refractivity contribution in [1.29, 1.82) is 0 Å². The lowest BCUT2D eigenvalue weighted by atomic mass is 10.1. The van der Waals surface area contributed by atoms with Crippen LogP contribution in [0, 0.1) is 0 Å². The molecule has 2 aromatic carbocycles. The van der Waals surface area contributed by atoms with Crippen LogP contribution in [0.2, 0.25) is 5.02 Å². The van der Waals surface area contributed by atoms with Crippen molar-refractivity contribution in [1.82, 2.24) is 24.5 Å². The van der Waals surface area contributed by atoms with Crippen molar-refractivity contribution in [3.05, 3.63) is 71.4 Å². The Hall–Kier alpha value is -3.16. The predicted molar refractivity (Wildman–Crippen MR) is 125 cm³/mol. The van der Waals surface area contributed by atoms with Crippen LogP contribution < -0.4 is 0 Å². The molecule has 1 fully saturated rings. The summed E-state index contributed by atoms with van der Waals surface area (Å²) >= 11 is 6.03. The summed E-state index contributed by atoms with van der Waals surface area (Å²) in [5.41, 5.74) is 2.90. The molecule has 0 spiro atoms. The number of carbonyl (C=O) groups is 2. The van der Waals surface area contributed by atoms with Gasteiger partial charge in [-0.1, -0.05) is 41.9 Å². The van der Waals surface area contributed by atoms with E-state index in [2.05, 4.69) is 0 Å². The van der Waals surface area contributed by atoms with Crippen molar-refractivity contribution < 1.29 is 9.59 Å². The summed E-state index contributed by atoms with van der Waals surface area (Å²) in [5, 5.41) is 5.38. The molecule has 1 aliphatic heterocycles. The number of benzene rings is 2. The van der Waals surface area contributed by atoms with Crippen LogP contribution in [-0.2, 0) is 4.79 Å². The van der Waals surface area contributed by atoms with Crippen molar-refractivity contribution in [2.45, 2.75) is 0 Å². The molecule has 1 aliphatic rings. The fourth-order valence-electron chi connectivity index (χ4n) is 3.75. The van der Waals surface area contributed by atoms with Crippen LogP contribution in [0.25, 0.3) is 16.9 Å². The largest absolute Gasteiger partial charge is 0.338 e. The molecule has 2 amide bonds. The zero-order valence-corrected chi connectivity index (χ0v) is 19.0. The van der Waals surface area contributed by atoms with Crippen LogP contribution in [0.5, 0.6) is 0 Å². The first-order valence-corrected chi connectivity index (χ1v) is 10.9. The lowest BCUT2D eigenvalue weighted by molar-refractivity contribution is -0.133. The Balaban J connectivity index is 1.59. The van der Waals surface area contributed by atoms with Crippen molar-refractivity contribution >= 4 is 23.4 Å². The lowest BCUT2D eigenvalue weighted by Crippen LogP contribution is -2.52. The van der Waals surface area contributed by atoms with E-state index < -0.39 is 0 Å². The van der Waals surface area contributed by atoms with Gasteiger partial charge in [0.1, 0.15) is 5.69 Å². The van der Waals surface area contributed by atoms with Gasteiger partial charge in [0.2, 0.25) is 5.91 Å². The molecular formula is C24H26ClN5O2. The Morgan fingerprint density at radius 1 is 0.938 bits per heavy atom. The monoisotopic (exact) mass is 451 g/mol. The first-order valence-electron chi connectivity index (χ1n) is 10.6. The standard InChI is InChI=1S/C24H26ClN5O2/c1-27(2)17-23(31)28-12-14-29(15-13-28)24(32)22-16-21(18-8-10-19(25)11-9-18)26-30(22)20-6-4-3-5-7-20/h3-11,16H,12-15,17H2,1-2H3. The van der Waals surface area contributed by atoms with E-state index in [4.69, 9.17) is 16.7 Å². The highest BCUT2D eigenvalue weighted by Crippen LogP contribution is 2.24. The second kappa shape index (κ2) is 9.54. The molecule has 3 aromatic rings. The number of rotatable bonds is 5. The zero-order valence-electron chi connectivity index (χ0n) is 18.2. The summed E-state index contributed by atoms with van der Waals surface area (Å²) < 4.78 is 1.69. The van der Waals surface area contributed by atoms with Gasteiger partial charge in [-0.3, -0.25) is 9.59 Å². The normalized spacial score (nSPS) is 14.1. The van der Waals surface area contributed by atoms with E-state index in [-0.39, 0.29) is 11.8 Å². The molecule has 0 aliphatic carbocycles. The number of amides is 2. The quantitative estimate of drug-likeness (QED) is 0.598. The van der Waals surface area contributed by atoms with Gasteiger partial charge < -0.3 is 14.7 Å². The molecule has 1 saturated heterocycles. The second-order valence-electron chi connectivity index (χ2n) is 8.08. The molecule has 0 unspecified atom stereocenters. The number of aromatic nitrogens is 2. The van der Waals surface area contributed by atoms with Gasteiger partial charge in [0.15, 0.2) is 0 Å². The van der Waals surface area contributed by atoms with E-state index in [1.54, 1.807) is 9.58 Å². The predicted octanol–water partition coefficient (Wildman–Crippen LogP) is 3.04. The van der Waals surface area contributed by atoms with Crippen LogP contribution in [0.15, 0.2) is 60.7 Å². The topological polar surface area (TPSA) is 61.7 Å². The fourth-order valence-corrected chi connectivity index (χ4v) is 3.88. The van der Waals surface area contributed by atoms with Gasteiger partial charge in [-0.25, -0.2) is 4.68 Å². The van der Waals surface area contributed by atoms with Crippen LogP contribution in [0.3, 0.4) is 0 Å². The van der Waals surface area contributed by atoms with Gasteiger partial charge in [0.05, 0.1) is 17.9 Å². The van der Waals surface area contributed by atoms with E-state index in [9.17, 15) is 9.59 Å². The average Bonchev–Trinajstić information content (AvgIpc) is 3.25. The van der Waals surface area contributed by atoms with Gasteiger partial charge in [0.25, 0.3) is 5.91 Å². The molecule has 0 saturated carbocycles. The van der Waals surface area contributed by atoms with Gasteiger partial charge >= 0.3 is 0 Å². The van der Waals surface area contributed by atoms with Gasteiger partial charge in [-0.15, -0.1) is 0 Å². The molecule has 0 atom stereocenters. The highest BCUT2D eigenvalue weighted by Gasteiger charge is 2.28. The lowest BCUT2D eigenvalue weighted by Gasteiger charge is -2.35. The Labute approximate surface area is 192 Å². The number of hydrogen-bond acceptors (Lipinski definition) is 4. The van der Waals surface area contributed by atoms with Gasteiger partial charge in [-0.2, -0.15) is 5.10 Å². The third kappa shape index (κ3) is 4.84. The van der Waals surface area contributed by atoms with Crippen molar-refractivity contribution in [2.24, 2.45) is 0 Å². The fraction of sp³-hybridized carbons (Fsp3) is 0.292. The minimum atomic E-state index is -0.0960. The maximum Gasteiger partial charge on any atom is 0.272 e. The number of halogens is 1. The maximum atomic E-state index is 13.5. The molecule has 0 N–H and O–H groups in total. The van der Waals surface area contributed by atoms with E-state index in [0.717, 1.165) is 11.3 Å². The Morgan fingerprint density at radius 2 is 1.56 bits per heavy atom. The first-order chi connectivity index (χ1) is 15.4. The molecule has 32 heavy (non-hydrogen) atoms. The summed E-state index contributed by atoms with van der Waals surface area (Å²) in [6.45, 7) is 2.42.